The molecular formula is C7H4ClF2NO2. The number of pyridine rings is 1. The first kappa shape index (κ1) is 9.85. The highest BCUT2D eigenvalue weighted by Gasteiger charge is 2.14. The van der Waals surface area contributed by atoms with Crippen LogP contribution in [0.5, 0.6) is 5.88 Å². The molecule has 0 unspecified atom stereocenters. The maximum absolute atomic E-state index is 11.7. The minimum atomic E-state index is -3.02. The number of rotatable bonds is 3. The highest BCUT2D eigenvalue weighted by molar-refractivity contribution is 6.68. The average Bonchev–Trinajstić information content (AvgIpc) is 2.03. The first-order valence-electron chi connectivity index (χ1n) is 3.21. The van der Waals surface area contributed by atoms with E-state index in [2.05, 4.69) is 9.72 Å². The van der Waals surface area contributed by atoms with Gasteiger partial charge in [0.15, 0.2) is 0 Å². The monoisotopic (exact) mass is 207 g/mol. The normalized spacial score (nSPS) is 10.2. The van der Waals surface area contributed by atoms with Crippen molar-refractivity contribution in [1.29, 1.82) is 0 Å². The lowest BCUT2D eigenvalue weighted by molar-refractivity contribution is -0.0531. The maximum atomic E-state index is 11.7. The van der Waals surface area contributed by atoms with Gasteiger partial charge in [0.05, 0.1) is 5.56 Å². The SMILES string of the molecule is O=C(Cl)c1cccnc1OC(F)F. The Kier molecular flexibility index (Phi) is 3.13. The molecule has 70 valence electrons. The van der Waals surface area contributed by atoms with Crippen LogP contribution in [0.2, 0.25) is 0 Å². The molecule has 13 heavy (non-hydrogen) atoms. The van der Waals surface area contributed by atoms with Crippen molar-refractivity contribution in [2.24, 2.45) is 0 Å². The number of halogens is 3. The second kappa shape index (κ2) is 4.13. The van der Waals surface area contributed by atoms with E-state index in [1.165, 1.54) is 18.3 Å². The minimum Gasteiger partial charge on any atom is -0.416 e. The molecule has 6 heteroatoms. The van der Waals surface area contributed by atoms with Crippen LogP contribution >= 0.6 is 11.6 Å². The molecule has 1 aromatic heterocycles. The largest absolute Gasteiger partial charge is 0.416 e. The minimum absolute atomic E-state index is 0.176. The zero-order valence-electron chi connectivity index (χ0n) is 6.21. The van der Waals surface area contributed by atoms with E-state index >= 15 is 0 Å². The van der Waals surface area contributed by atoms with Crippen LogP contribution in [-0.2, 0) is 0 Å². The van der Waals surface area contributed by atoms with Gasteiger partial charge in [-0.25, -0.2) is 4.98 Å². The molecule has 0 radical (unpaired) electrons. The fourth-order valence-corrected chi connectivity index (χ4v) is 0.863. The van der Waals surface area contributed by atoms with Gasteiger partial charge in [0, 0.05) is 6.20 Å². The Morgan fingerprint density at radius 1 is 1.62 bits per heavy atom. The number of carbonyl (C=O) groups is 1. The van der Waals surface area contributed by atoms with Crippen LogP contribution in [0.15, 0.2) is 18.3 Å². The van der Waals surface area contributed by atoms with Crippen molar-refractivity contribution in [2.75, 3.05) is 0 Å². The molecule has 1 heterocycles. The molecule has 0 aliphatic rings. The van der Waals surface area contributed by atoms with Crippen LogP contribution in [-0.4, -0.2) is 16.8 Å². The molecule has 1 aromatic rings. The van der Waals surface area contributed by atoms with Gasteiger partial charge < -0.3 is 4.74 Å². The van der Waals surface area contributed by atoms with Crippen molar-refractivity contribution in [1.82, 2.24) is 4.98 Å². The van der Waals surface area contributed by atoms with Crippen molar-refractivity contribution in [3.05, 3.63) is 23.9 Å². The summed E-state index contributed by atoms with van der Waals surface area (Å²) in [7, 11) is 0. The lowest BCUT2D eigenvalue weighted by Gasteiger charge is -2.04. The Morgan fingerprint density at radius 3 is 2.85 bits per heavy atom. The number of ether oxygens (including phenoxy) is 1. The van der Waals surface area contributed by atoms with E-state index in [-0.39, 0.29) is 5.56 Å². The summed E-state index contributed by atoms with van der Waals surface area (Å²) in [6, 6.07) is 2.65. The van der Waals surface area contributed by atoms with Crippen molar-refractivity contribution in [2.45, 2.75) is 6.61 Å². The van der Waals surface area contributed by atoms with Gasteiger partial charge in [0.2, 0.25) is 5.88 Å². The van der Waals surface area contributed by atoms with E-state index in [9.17, 15) is 13.6 Å². The number of hydrogen-bond donors (Lipinski definition) is 0. The van der Waals surface area contributed by atoms with Crippen LogP contribution in [0.1, 0.15) is 10.4 Å². The zero-order chi connectivity index (χ0) is 9.84. The van der Waals surface area contributed by atoms with Gasteiger partial charge in [-0.15, -0.1) is 0 Å². The molecule has 0 aromatic carbocycles. The lowest BCUT2D eigenvalue weighted by Crippen LogP contribution is -2.07. The second-order valence-corrected chi connectivity index (χ2v) is 2.35. The molecule has 0 amide bonds. The van der Waals surface area contributed by atoms with E-state index in [0.717, 1.165) is 0 Å². The van der Waals surface area contributed by atoms with Crippen molar-refractivity contribution in [3.63, 3.8) is 0 Å². The average molecular weight is 208 g/mol. The van der Waals surface area contributed by atoms with Gasteiger partial charge in [-0.3, -0.25) is 4.79 Å². The number of carbonyl (C=O) groups excluding carboxylic acids is 1. The fourth-order valence-electron chi connectivity index (χ4n) is 0.719. The summed E-state index contributed by atoms with van der Waals surface area (Å²) in [6.45, 7) is -3.02. The molecule has 0 fully saturated rings. The van der Waals surface area contributed by atoms with Gasteiger partial charge in [-0.05, 0) is 23.7 Å². The molecule has 0 aliphatic carbocycles. The predicted molar refractivity (Wildman–Crippen MR) is 41.1 cm³/mol. The van der Waals surface area contributed by atoms with Gasteiger partial charge in [-0.1, -0.05) is 0 Å². The molecule has 0 atom stereocenters. The predicted octanol–water partition coefficient (Wildman–Crippen LogP) is 2.06. The topological polar surface area (TPSA) is 39.2 Å². The molecular weight excluding hydrogens is 204 g/mol. The van der Waals surface area contributed by atoms with Crippen molar-refractivity contribution >= 4 is 16.8 Å². The zero-order valence-corrected chi connectivity index (χ0v) is 6.96. The summed E-state index contributed by atoms with van der Waals surface area (Å²) in [4.78, 5) is 14.1. The smallest absolute Gasteiger partial charge is 0.388 e. The third kappa shape index (κ3) is 2.62. The van der Waals surface area contributed by atoms with Gasteiger partial charge in [0.1, 0.15) is 0 Å². The summed E-state index contributed by atoms with van der Waals surface area (Å²) in [5.41, 5.74) is -0.176. The van der Waals surface area contributed by atoms with Crippen LogP contribution < -0.4 is 4.74 Å². The van der Waals surface area contributed by atoms with E-state index in [1.807, 2.05) is 0 Å². The summed E-state index contributed by atoms with van der Waals surface area (Å²) in [5.74, 6) is -0.461. The summed E-state index contributed by atoms with van der Waals surface area (Å²) < 4.78 is 27.5. The van der Waals surface area contributed by atoms with Crippen LogP contribution in [0, 0.1) is 0 Å². The van der Waals surface area contributed by atoms with E-state index in [0.29, 0.717) is 0 Å². The summed E-state index contributed by atoms with van der Waals surface area (Å²) in [5, 5.41) is -0.885. The number of aromatic nitrogens is 1. The van der Waals surface area contributed by atoms with Crippen molar-refractivity contribution < 1.29 is 18.3 Å². The van der Waals surface area contributed by atoms with Gasteiger partial charge in [0.25, 0.3) is 5.24 Å². The van der Waals surface area contributed by atoms with Crippen molar-refractivity contribution in [3.8, 4) is 5.88 Å². The second-order valence-electron chi connectivity index (χ2n) is 2.01. The Labute approximate surface area is 77.3 Å². The lowest BCUT2D eigenvalue weighted by atomic mass is 10.3. The number of hydrogen-bond acceptors (Lipinski definition) is 3. The Balaban J connectivity index is 2.98. The first-order chi connectivity index (χ1) is 6.11. The standard InChI is InChI=1S/C7H4ClF2NO2/c8-5(12)4-2-1-3-11-6(4)13-7(9)10/h1-3,7H. The third-order valence-electron chi connectivity index (χ3n) is 1.18. The first-order valence-corrected chi connectivity index (χ1v) is 3.58. The van der Waals surface area contributed by atoms with Gasteiger partial charge in [-0.2, -0.15) is 8.78 Å². The Bertz CT molecular complexity index is 319. The molecule has 0 saturated heterocycles. The fraction of sp³-hybridized carbons (Fsp3) is 0.143. The van der Waals surface area contributed by atoms with E-state index in [4.69, 9.17) is 11.6 Å². The molecule has 0 spiro atoms. The van der Waals surface area contributed by atoms with E-state index < -0.39 is 17.7 Å². The van der Waals surface area contributed by atoms with Gasteiger partial charge >= 0.3 is 6.61 Å². The van der Waals surface area contributed by atoms with Crippen LogP contribution in [0.25, 0.3) is 0 Å². The highest BCUT2D eigenvalue weighted by Crippen LogP contribution is 2.18. The third-order valence-corrected chi connectivity index (χ3v) is 1.39. The quantitative estimate of drug-likeness (QED) is 0.713. The Hall–Kier alpha value is -1.23. The molecule has 0 aliphatic heterocycles. The molecule has 0 saturated carbocycles. The maximum Gasteiger partial charge on any atom is 0.388 e. The highest BCUT2D eigenvalue weighted by atomic mass is 35.5. The number of nitrogens with zero attached hydrogens (tertiary/aromatic N) is 1. The van der Waals surface area contributed by atoms with Crippen LogP contribution in [0.3, 0.4) is 0 Å². The van der Waals surface area contributed by atoms with E-state index in [1.54, 1.807) is 0 Å². The molecule has 0 N–H and O–H groups in total. The summed E-state index contributed by atoms with van der Waals surface area (Å²) >= 11 is 5.09. The van der Waals surface area contributed by atoms with Crippen LogP contribution in [0.4, 0.5) is 8.78 Å². The Morgan fingerprint density at radius 2 is 2.31 bits per heavy atom. The number of alkyl halides is 2. The molecule has 1 rings (SSSR count). The molecule has 0 bridgehead atoms. The molecule has 3 nitrogen and oxygen atoms in total. The summed E-state index contributed by atoms with van der Waals surface area (Å²) in [6.07, 6.45) is 1.22.